The maximum atomic E-state index is 7.32. The highest BCUT2D eigenvalue weighted by Gasteiger charge is 2.07. The van der Waals surface area contributed by atoms with E-state index in [0.29, 0.717) is 0 Å². The smallest absolute Gasteiger partial charge is 0.203 e. The molecule has 0 saturated carbocycles. The fourth-order valence-corrected chi connectivity index (χ4v) is 1.22. The molecule has 78 valence electrons. The van der Waals surface area contributed by atoms with E-state index in [1.54, 1.807) is 5.01 Å². The zero-order chi connectivity index (χ0) is 10.3. The molecule has 0 spiro atoms. The van der Waals surface area contributed by atoms with E-state index in [1.807, 2.05) is 19.1 Å². The number of hydrogen-bond acceptors (Lipinski definition) is 2. The van der Waals surface area contributed by atoms with Crippen LogP contribution in [0.5, 0.6) is 0 Å². The van der Waals surface area contributed by atoms with Crippen molar-refractivity contribution in [3.05, 3.63) is 0 Å². The monoisotopic (exact) mass is 186 g/mol. The van der Waals surface area contributed by atoms with E-state index in [2.05, 4.69) is 6.92 Å². The summed E-state index contributed by atoms with van der Waals surface area (Å²) >= 11 is 0. The van der Waals surface area contributed by atoms with Crippen molar-refractivity contribution in [1.82, 2.24) is 10.0 Å². The van der Waals surface area contributed by atoms with Crippen molar-refractivity contribution in [2.24, 2.45) is 5.73 Å². The number of hydrazine groups is 1. The number of rotatable bonds is 6. The van der Waals surface area contributed by atoms with Gasteiger partial charge in [-0.3, -0.25) is 10.4 Å². The first-order valence-corrected chi connectivity index (χ1v) is 4.88. The molecule has 0 heterocycles. The molecule has 0 amide bonds. The van der Waals surface area contributed by atoms with Gasteiger partial charge in [0.1, 0.15) is 0 Å². The van der Waals surface area contributed by atoms with Crippen LogP contribution in [0.3, 0.4) is 0 Å². The van der Waals surface area contributed by atoms with Gasteiger partial charge in [0.15, 0.2) is 0 Å². The van der Waals surface area contributed by atoms with Gasteiger partial charge in [0.25, 0.3) is 0 Å². The minimum Gasteiger partial charge on any atom is -0.369 e. The highest BCUT2D eigenvalue weighted by molar-refractivity contribution is 5.73. The molecule has 0 aliphatic rings. The van der Waals surface area contributed by atoms with E-state index < -0.39 is 0 Å². The Morgan fingerprint density at radius 3 is 2.23 bits per heavy atom. The molecule has 0 aromatic carbocycles. The molecule has 0 aliphatic carbocycles. The Labute approximate surface area is 81.2 Å². The van der Waals surface area contributed by atoms with Crippen LogP contribution < -0.4 is 5.73 Å². The second-order valence-electron chi connectivity index (χ2n) is 3.42. The van der Waals surface area contributed by atoms with Crippen LogP contribution in [0.2, 0.25) is 0 Å². The van der Waals surface area contributed by atoms with Gasteiger partial charge in [-0.1, -0.05) is 26.2 Å². The normalized spacial score (nSPS) is 10.5. The highest BCUT2D eigenvalue weighted by atomic mass is 15.6. The molecule has 4 nitrogen and oxygen atoms in total. The third kappa shape index (κ3) is 5.47. The van der Waals surface area contributed by atoms with E-state index in [1.165, 1.54) is 19.3 Å². The van der Waals surface area contributed by atoms with Crippen molar-refractivity contribution in [1.29, 1.82) is 5.41 Å². The van der Waals surface area contributed by atoms with Crippen LogP contribution >= 0.6 is 0 Å². The molecule has 0 aliphatic heterocycles. The van der Waals surface area contributed by atoms with Crippen molar-refractivity contribution < 1.29 is 0 Å². The lowest BCUT2D eigenvalue weighted by Gasteiger charge is -2.28. The summed E-state index contributed by atoms with van der Waals surface area (Å²) in [6.45, 7) is 3.04. The van der Waals surface area contributed by atoms with E-state index in [9.17, 15) is 0 Å². The summed E-state index contributed by atoms with van der Waals surface area (Å²) in [5.74, 6) is 0.126. The molecule has 0 radical (unpaired) electrons. The molecule has 0 aromatic rings. The Kier molecular flexibility index (Phi) is 6.32. The van der Waals surface area contributed by atoms with Gasteiger partial charge in [0.2, 0.25) is 5.96 Å². The van der Waals surface area contributed by atoms with Crippen molar-refractivity contribution in [3.63, 3.8) is 0 Å². The fraction of sp³-hybridized carbons (Fsp3) is 0.889. The van der Waals surface area contributed by atoms with E-state index in [-0.39, 0.29) is 5.96 Å². The maximum Gasteiger partial charge on any atom is 0.203 e. The first-order valence-electron chi connectivity index (χ1n) is 4.88. The molecule has 0 atom stereocenters. The summed E-state index contributed by atoms with van der Waals surface area (Å²) in [4.78, 5) is 0. The topological polar surface area (TPSA) is 56.4 Å². The van der Waals surface area contributed by atoms with Gasteiger partial charge < -0.3 is 5.73 Å². The summed E-state index contributed by atoms with van der Waals surface area (Å²) in [6.07, 6.45) is 4.82. The van der Waals surface area contributed by atoms with Gasteiger partial charge in [-0.25, -0.2) is 5.01 Å². The second-order valence-corrected chi connectivity index (χ2v) is 3.42. The lowest BCUT2D eigenvalue weighted by Crippen LogP contribution is -2.46. The van der Waals surface area contributed by atoms with Crippen molar-refractivity contribution in [3.8, 4) is 0 Å². The van der Waals surface area contributed by atoms with Gasteiger partial charge in [0.05, 0.1) is 0 Å². The predicted molar refractivity (Wildman–Crippen MR) is 56.4 cm³/mol. The average Bonchev–Trinajstić information content (AvgIpc) is 2.02. The molecule has 0 unspecified atom stereocenters. The predicted octanol–water partition coefficient (Wildman–Crippen LogP) is 1.24. The number of nitrogens with one attached hydrogen (secondary N) is 1. The zero-order valence-electron chi connectivity index (χ0n) is 9.01. The number of nitrogens with zero attached hydrogens (tertiary/aromatic N) is 2. The Balaban J connectivity index is 3.64. The zero-order valence-corrected chi connectivity index (χ0v) is 9.01. The van der Waals surface area contributed by atoms with Crippen molar-refractivity contribution >= 4 is 5.96 Å². The summed E-state index contributed by atoms with van der Waals surface area (Å²) in [6, 6.07) is 0. The lowest BCUT2D eigenvalue weighted by atomic mass is 10.2. The van der Waals surface area contributed by atoms with Gasteiger partial charge in [0, 0.05) is 20.6 Å². The fourth-order valence-electron chi connectivity index (χ4n) is 1.22. The third-order valence-corrected chi connectivity index (χ3v) is 1.98. The van der Waals surface area contributed by atoms with Gasteiger partial charge >= 0.3 is 0 Å². The van der Waals surface area contributed by atoms with Crippen LogP contribution in [0.15, 0.2) is 0 Å². The maximum absolute atomic E-state index is 7.32. The summed E-state index contributed by atoms with van der Waals surface area (Å²) in [7, 11) is 3.81. The quantitative estimate of drug-likeness (QED) is 0.284. The van der Waals surface area contributed by atoms with E-state index >= 15 is 0 Å². The van der Waals surface area contributed by atoms with Crippen molar-refractivity contribution in [2.75, 3.05) is 20.6 Å². The molecule has 0 saturated heterocycles. The summed E-state index contributed by atoms with van der Waals surface area (Å²) < 4.78 is 0. The standard InChI is InChI=1S/C9H22N4/c1-4-5-6-7-8-13(9(10)11)12(2)3/h4-8H2,1-3H3,(H3,10,11). The van der Waals surface area contributed by atoms with Gasteiger partial charge in [-0.05, 0) is 6.42 Å². The van der Waals surface area contributed by atoms with Crippen LogP contribution in [0, 0.1) is 5.41 Å². The van der Waals surface area contributed by atoms with Crippen LogP contribution in [0.1, 0.15) is 32.6 Å². The third-order valence-electron chi connectivity index (χ3n) is 1.98. The highest BCUT2D eigenvalue weighted by Crippen LogP contribution is 2.01. The molecular formula is C9H22N4. The Bertz CT molecular complexity index is 145. The number of hydrogen-bond donors (Lipinski definition) is 2. The molecule has 4 heteroatoms. The van der Waals surface area contributed by atoms with E-state index in [0.717, 1.165) is 13.0 Å². The molecule has 0 rings (SSSR count). The van der Waals surface area contributed by atoms with E-state index in [4.69, 9.17) is 11.1 Å². The Morgan fingerprint density at radius 2 is 1.85 bits per heavy atom. The molecule has 0 fully saturated rings. The summed E-state index contributed by atoms with van der Waals surface area (Å²) in [5.41, 5.74) is 5.42. The van der Waals surface area contributed by atoms with Crippen LogP contribution in [-0.2, 0) is 0 Å². The lowest BCUT2D eigenvalue weighted by molar-refractivity contribution is 0.105. The second kappa shape index (κ2) is 6.71. The Hall–Kier alpha value is -0.770. The van der Waals surface area contributed by atoms with Crippen molar-refractivity contribution in [2.45, 2.75) is 32.6 Å². The molecule has 0 aromatic heterocycles. The Morgan fingerprint density at radius 1 is 1.23 bits per heavy atom. The largest absolute Gasteiger partial charge is 0.369 e. The van der Waals surface area contributed by atoms with Crippen LogP contribution in [-0.4, -0.2) is 36.6 Å². The SMILES string of the molecule is CCCCCCN(C(=N)N)N(C)C. The van der Waals surface area contributed by atoms with Crippen LogP contribution in [0.25, 0.3) is 0 Å². The minimum atomic E-state index is 0.126. The first kappa shape index (κ1) is 12.2. The molecular weight excluding hydrogens is 164 g/mol. The van der Waals surface area contributed by atoms with Gasteiger partial charge in [-0.15, -0.1) is 0 Å². The van der Waals surface area contributed by atoms with Gasteiger partial charge in [-0.2, -0.15) is 0 Å². The minimum absolute atomic E-state index is 0.126. The van der Waals surface area contributed by atoms with Crippen LogP contribution in [0.4, 0.5) is 0 Å². The molecule has 13 heavy (non-hydrogen) atoms. The number of nitrogens with two attached hydrogens (primary N) is 1. The average molecular weight is 186 g/mol. The number of guanidine groups is 1. The molecule has 0 bridgehead atoms. The molecule has 3 N–H and O–H groups in total. The summed E-state index contributed by atoms with van der Waals surface area (Å²) in [5, 5.41) is 11.0. The first-order chi connectivity index (χ1) is 6.09. The number of unbranched alkanes of at least 4 members (excludes halogenated alkanes) is 3.